The Labute approximate surface area is 203 Å². The lowest BCUT2D eigenvalue weighted by Gasteiger charge is -2.52. The number of unbranched alkanes of at least 4 members (excludes halogenated alkanes) is 1. The monoisotopic (exact) mass is 479 g/mol. The van der Waals surface area contributed by atoms with Crippen molar-refractivity contribution in [2.75, 3.05) is 19.6 Å². The molecule has 3 fully saturated rings. The van der Waals surface area contributed by atoms with Crippen LogP contribution in [0, 0.1) is 11.7 Å². The molecular formula is C26H39ClFN3O2. The van der Waals surface area contributed by atoms with Gasteiger partial charge in [-0.3, -0.25) is 14.5 Å². The van der Waals surface area contributed by atoms with Gasteiger partial charge in [-0.1, -0.05) is 57.6 Å². The van der Waals surface area contributed by atoms with Crippen LogP contribution in [0.1, 0.15) is 76.7 Å². The van der Waals surface area contributed by atoms with E-state index in [1.54, 1.807) is 0 Å². The van der Waals surface area contributed by atoms with Gasteiger partial charge in [0.15, 0.2) is 0 Å². The van der Waals surface area contributed by atoms with Crippen molar-refractivity contribution in [2.45, 2.75) is 89.3 Å². The first-order valence-electron chi connectivity index (χ1n) is 12.6. The summed E-state index contributed by atoms with van der Waals surface area (Å²) in [5, 5.41) is 3.16. The van der Waals surface area contributed by atoms with Gasteiger partial charge in [0.05, 0.1) is 0 Å². The summed E-state index contributed by atoms with van der Waals surface area (Å²) in [6.07, 6.45) is 10.2. The molecule has 2 saturated heterocycles. The van der Waals surface area contributed by atoms with Gasteiger partial charge < -0.3 is 10.2 Å². The third kappa shape index (κ3) is 5.89. The summed E-state index contributed by atoms with van der Waals surface area (Å²) in [5.41, 5.74) is 0.358. The Hall–Kier alpha value is -1.66. The van der Waals surface area contributed by atoms with Crippen molar-refractivity contribution in [1.82, 2.24) is 15.1 Å². The zero-order chi connectivity index (χ0) is 22.6. The molecule has 1 spiro atoms. The molecule has 0 bridgehead atoms. The van der Waals surface area contributed by atoms with Gasteiger partial charge in [0.2, 0.25) is 11.8 Å². The molecule has 2 amide bonds. The smallest absolute Gasteiger partial charge is 0.246 e. The molecule has 2 heterocycles. The van der Waals surface area contributed by atoms with Gasteiger partial charge in [0.25, 0.3) is 0 Å². The molecule has 4 rings (SSSR count). The molecule has 0 aromatic heterocycles. The predicted molar refractivity (Wildman–Crippen MR) is 131 cm³/mol. The van der Waals surface area contributed by atoms with Crippen molar-refractivity contribution in [1.29, 1.82) is 0 Å². The number of nitrogens with one attached hydrogen (secondary N) is 1. The van der Waals surface area contributed by atoms with Crippen LogP contribution in [0.5, 0.6) is 0 Å². The average molecular weight is 480 g/mol. The Morgan fingerprint density at radius 3 is 2.36 bits per heavy atom. The molecular weight excluding hydrogens is 441 g/mol. The van der Waals surface area contributed by atoms with E-state index in [1.165, 1.54) is 44.2 Å². The largest absolute Gasteiger partial charge is 0.342 e. The van der Waals surface area contributed by atoms with E-state index in [1.807, 2.05) is 17.0 Å². The maximum atomic E-state index is 13.6. The molecule has 0 radical (unpaired) electrons. The lowest BCUT2D eigenvalue weighted by atomic mass is 9.79. The number of likely N-dealkylation sites (tertiary alicyclic amines) is 1. The first-order valence-corrected chi connectivity index (χ1v) is 12.6. The third-order valence-corrected chi connectivity index (χ3v) is 7.84. The topological polar surface area (TPSA) is 52.7 Å². The SMILES string of the molecule is CCCCN1C(=O)[C@H](CC2CCCCC2)NC(=O)C12CCN(Cc1ccc(F)cc1)CC2.Cl. The number of nitrogens with zero attached hydrogens (tertiary/aromatic N) is 2. The molecule has 184 valence electrons. The highest BCUT2D eigenvalue weighted by Crippen LogP contribution is 2.36. The van der Waals surface area contributed by atoms with E-state index in [9.17, 15) is 14.0 Å². The maximum Gasteiger partial charge on any atom is 0.246 e. The fourth-order valence-corrected chi connectivity index (χ4v) is 5.86. The minimum absolute atomic E-state index is 0. The molecule has 7 heteroatoms. The fourth-order valence-electron chi connectivity index (χ4n) is 5.86. The number of piperazine rings is 1. The van der Waals surface area contributed by atoms with Crippen LogP contribution in [0.25, 0.3) is 0 Å². The Kier molecular flexibility index (Phi) is 9.17. The third-order valence-electron chi connectivity index (χ3n) is 7.84. The minimum atomic E-state index is -0.714. The second kappa shape index (κ2) is 11.7. The number of halogens is 2. The highest BCUT2D eigenvalue weighted by atomic mass is 35.5. The van der Waals surface area contributed by atoms with Crippen LogP contribution in [0.15, 0.2) is 24.3 Å². The van der Waals surface area contributed by atoms with Gasteiger partial charge in [0.1, 0.15) is 17.4 Å². The van der Waals surface area contributed by atoms with Crippen LogP contribution in [0.4, 0.5) is 4.39 Å². The summed E-state index contributed by atoms with van der Waals surface area (Å²) in [6.45, 7) is 5.06. The van der Waals surface area contributed by atoms with E-state index in [2.05, 4.69) is 17.1 Å². The van der Waals surface area contributed by atoms with Crippen molar-refractivity contribution in [3.05, 3.63) is 35.6 Å². The molecule has 3 aliphatic rings. The summed E-state index contributed by atoms with van der Waals surface area (Å²) in [4.78, 5) is 31.3. The van der Waals surface area contributed by atoms with Crippen LogP contribution in [-0.2, 0) is 16.1 Å². The van der Waals surface area contributed by atoms with E-state index in [0.29, 0.717) is 25.3 Å². The normalized spacial score (nSPS) is 23.9. The standard InChI is InChI=1S/C26H38FN3O2.ClH/c1-2-3-15-30-24(31)23(18-20-7-5-4-6-8-20)28-25(32)26(30)13-16-29(17-14-26)19-21-9-11-22(27)12-10-21;/h9-12,20,23H,2-8,13-19H2,1H3,(H,28,32);1H/t23-;/m0./s1. The van der Waals surface area contributed by atoms with E-state index in [-0.39, 0.29) is 36.1 Å². The van der Waals surface area contributed by atoms with Crippen molar-refractivity contribution in [2.24, 2.45) is 5.92 Å². The first-order chi connectivity index (χ1) is 15.5. The molecule has 1 atom stereocenters. The van der Waals surface area contributed by atoms with Crippen molar-refractivity contribution in [3.63, 3.8) is 0 Å². The molecule has 0 unspecified atom stereocenters. The zero-order valence-electron chi connectivity index (χ0n) is 19.9. The number of carbonyl (C=O) groups excluding carboxylic acids is 2. The van der Waals surface area contributed by atoms with Crippen molar-refractivity contribution in [3.8, 4) is 0 Å². The molecule has 5 nitrogen and oxygen atoms in total. The molecule has 2 aliphatic heterocycles. The van der Waals surface area contributed by atoms with Gasteiger partial charge in [-0.25, -0.2) is 4.39 Å². The second-order valence-electron chi connectivity index (χ2n) is 10.0. The highest BCUT2D eigenvalue weighted by Gasteiger charge is 2.53. The van der Waals surface area contributed by atoms with Crippen LogP contribution in [-0.4, -0.2) is 52.8 Å². The van der Waals surface area contributed by atoms with Gasteiger partial charge in [-0.15, -0.1) is 12.4 Å². The predicted octanol–water partition coefficient (Wildman–Crippen LogP) is 4.68. The Morgan fingerprint density at radius 2 is 1.73 bits per heavy atom. The zero-order valence-corrected chi connectivity index (χ0v) is 20.7. The van der Waals surface area contributed by atoms with Gasteiger partial charge >= 0.3 is 0 Å². The quantitative estimate of drug-likeness (QED) is 0.617. The number of piperidine rings is 1. The van der Waals surface area contributed by atoms with Crippen LogP contribution < -0.4 is 5.32 Å². The Bertz CT molecular complexity index is 789. The fraction of sp³-hybridized carbons (Fsp3) is 0.692. The molecule has 1 aliphatic carbocycles. The number of hydrogen-bond acceptors (Lipinski definition) is 3. The average Bonchev–Trinajstić information content (AvgIpc) is 2.81. The second-order valence-corrected chi connectivity index (χ2v) is 10.0. The van der Waals surface area contributed by atoms with Crippen LogP contribution in [0.3, 0.4) is 0 Å². The van der Waals surface area contributed by atoms with Gasteiger partial charge in [-0.05, 0) is 49.3 Å². The molecule has 1 saturated carbocycles. The van der Waals surface area contributed by atoms with Crippen molar-refractivity contribution < 1.29 is 14.0 Å². The Balaban J connectivity index is 0.00000306. The van der Waals surface area contributed by atoms with Crippen molar-refractivity contribution >= 4 is 24.2 Å². The molecule has 33 heavy (non-hydrogen) atoms. The lowest BCUT2D eigenvalue weighted by Crippen LogP contribution is -2.73. The summed E-state index contributed by atoms with van der Waals surface area (Å²) in [6, 6.07) is 6.27. The Morgan fingerprint density at radius 1 is 1.06 bits per heavy atom. The molecule has 1 aromatic rings. The lowest BCUT2D eigenvalue weighted by molar-refractivity contribution is -0.162. The van der Waals surface area contributed by atoms with Crippen LogP contribution >= 0.6 is 12.4 Å². The highest BCUT2D eigenvalue weighted by molar-refractivity contribution is 6.00. The minimum Gasteiger partial charge on any atom is -0.342 e. The first kappa shape index (κ1) is 26.0. The van der Waals surface area contributed by atoms with E-state index >= 15 is 0 Å². The van der Waals surface area contributed by atoms with Crippen LogP contribution in [0.2, 0.25) is 0 Å². The number of hydrogen-bond donors (Lipinski definition) is 1. The van der Waals surface area contributed by atoms with Gasteiger partial charge in [-0.2, -0.15) is 0 Å². The number of amides is 2. The number of benzene rings is 1. The van der Waals surface area contributed by atoms with E-state index in [0.717, 1.165) is 44.5 Å². The summed E-state index contributed by atoms with van der Waals surface area (Å²) in [7, 11) is 0. The summed E-state index contributed by atoms with van der Waals surface area (Å²) < 4.78 is 13.2. The number of carbonyl (C=O) groups is 2. The summed E-state index contributed by atoms with van der Waals surface area (Å²) in [5.74, 6) is 0.516. The maximum absolute atomic E-state index is 13.6. The number of rotatable bonds is 7. The molecule has 1 N–H and O–H groups in total. The van der Waals surface area contributed by atoms with E-state index < -0.39 is 5.54 Å². The summed E-state index contributed by atoms with van der Waals surface area (Å²) >= 11 is 0. The van der Waals surface area contributed by atoms with Gasteiger partial charge in [0, 0.05) is 26.2 Å². The van der Waals surface area contributed by atoms with E-state index in [4.69, 9.17) is 0 Å². The molecule has 1 aromatic carbocycles.